The van der Waals surface area contributed by atoms with Crippen molar-refractivity contribution in [3.63, 3.8) is 0 Å². The Labute approximate surface area is 148 Å². The number of hydrogen-bond acceptors (Lipinski definition) is 3. The monoisotopic (exact) mass is 390 g/mol. The highest BCUT2D eigenvalue weighted by molar-refractivity contribution is 9.10. The highest BCUT2D eigenvalue weighted by Crippen LogP contribution is 2.28. The van der Waals surface area contributed by atoms with E-state index in [1.54, 1.807) is 16.8 Å². The van der Waals surface area contributed by atoms with Crippen LogP contribution in [0.5, 0.6) is 0 Å². The second-order valence-electron chi connectivity index (χ2n) is 5.89. The molecule has 1 N–H and O–H groups in total. The molecule has 1 amide bonds. The Balaban J connectivity index is 1.98. The van der Waals surface area contributed by atoms with E-state index in [4.69, 9.17) is 4.42 Å². The lowest BCUT2D eigenvalue weighted by Crippen LogP contribution is -2.19. The van der Waals surface area contributed by atoms with E-state index in [1.165, 1.54) is 0 Å². The van der Waals surface area contributed by atoms with E-state index in [0.717, 1.165) is 11.2 Å². The van der Waals surface area contributed by atoms with Crippen LogP contribution in [0.3, 0.4) is 0 Å². The van der Waals surface area contributed by atoms with Crippen LogP contribution in [0.4, 0.5) is 5.82 Å². The number of aryl methyl sites for hydroxylation is 1. The maximum atomic E-state index is 12.8. The molecule has 0 unspecified atom stereocenters. The SMILES string of the molecule is C=CCn1c(C(=O)Nc2cc(C)nn2C(C)C)cc2oc(Br)cc21. The van der Waals surface area contributed by atoms with Gasteiger partial charge in [-0.25, -0.2) is 4.68 Å². The third kappa shape index (κ3) is 2.91. The van der Waals surface area contributed by atoms with Gasteiger partial charge in [-0.15, -0.1) is 6.58 Å². The maximum Gasteiger partial charge on any atom is 0.273 e. The van der Waals surface area contributed by atoms with Gasteiger partial charge in [0.15, 0.2) is 10.3 Å². The summed E-state index contributed by atoms with van der Waals surface area (Å²) >= 11 is 3.31. The Morgan fingerprint density at radius 2 is 2.21 bits per heavy atom. The predicted octanol–water partition coefficient (Wildman–Crippen LogP) is 4.52. The number of nitrogens with one attached hydrogen (secondary N) is 1. The molecule has 0 aliphatic rings. The first-order valence-electron chi connectivity index (χ1n) is 7.67. The van der Waals surface area contributed by atoms with Crippen LogP contribution in [0.15, 0.2) is 39.9 Å². The smallest absolute Gasteiger partial charge is 0.273 e. The molecule has 3 aromatic heterocycles. The number of anilines is 1. The zero-order chi connectivity index (χ0) is 17.4. The minimum Gasteiger partial charge on any atom is -0.448 e. The van der Waals surface area contributed by atoms with E-state index in [1.807, 2.05) is 37.5 Å². The summed E-state index contributed by atoms with van der Waals surface area (Å²) < 4.78 is 9.87. The molecule has 0 aliphatic carbocycles. The van der Waals surface area contributed by atoms with Crippen LogP contribution >= 0.6 is 15.9 Å². The molecule has 7 heteroatoms. The summed E-state index contributed by atoms with van der Waals surface area (Å²) in [5.41, 5.74) is 2.88. The topological polar surface area (TPSA) is 65.0 Å². The second kappa shape index (κ2) is 6.32. The summed E-state index contributed by atoms with van der Waals surface area (Å²) in [6.45, 7) is 10.2. The van der Waals surface area contributed by atoms with Crippen molar-refractivity contribution >= 4 is 38.8 Å². The van der Waals surface area contributed by atoms with Gasteiger partial charge in [-0.05, 0) is 36.7 Å². The van der Waals surface area contributed by atoms with Crippen LogP contribution in [-0.2, 0) is 6.54 Å². The van der Waals surface area contributed by atoms with E-state index >= 15 is 0 Å². The Kier molecular flexibility index (Phi) is 4.36. The number of allylic oxidation sites excluding steroid dienone is 1. The lowest BCUT2D eigenvalue weighted by molar-refractivity contribution is 0.101. The number of aromatic nitrogens is 3. The first kappa shape index (κ1) is 16.6. The fourth-order valence-corrected chi connectivity index (χ4v) is 3.10. The van der Waals surface area contributed by atoms with Gasteiger partial charge in [0.2, 0.25) is 0 Å². The first-order valence-corrected chi connectivity index (χ1v) is 8.47. The van der Waals surface area contributed by atoms with Gasteiger partial charge in [0.25, 0.3) is 5.91 Å². The molecule has 3 aromatic rings. The number of nitrogens with zero attached hydrogens (tertiary/aromatic N) is 3. The van der Waals surface area contributed by atoms with Crippen molar-refractivity contribution in [2.24, 2.45) is 0 Å². The fraction of sp³-hybridized carbons (Fsp3) is 0.294. The summed E-state index contributed by atoms with van der Waals surface area (Å²) in [6.07, 6.45) is 1.75. The molecule has 0 saturated heterocycles. The number of carbonyl (C=O) groups excluding carboxylic acids is 1. The van der Waals surface area contributed by atoms with E-state index in [-0.39, 0.29) is 11.9 Å². The second-order valence-corrected chi connectivity index (χ2v) is 6.67. The van der Waals surface area contributed by atoms with Gasteiger partial charge >= 0.3 is 0 Å². The fourth-order valence-electron chi connectivity index (χ4n) is 2.71. The van der Waals surface area contributed by atoms with Gasteiger partial charge in [0.1, 0.15) is 11.5 Å². The standard InChI is InChI=1S/C17H19BrN4O2/c1-5-6-21-12-9-15(18)24-14(12)8-13(21)17(23)19-16-7-11(4)20-22(16)10(2)3/h5,7-10H,1,6H2,2-4H3,(H,19,23). The summed E-state index contributed by atoms with van der Waals surface area (Å²) in [4.78, 5) is 12.8. The van der Waals surface area contributed by atoms with Gasteiger partial charge in [-0.3, -0.25) is 4.79 Å². The van der Waals surface area contributed by atoms with E-state index in [2.05, 4.69) is 32.9 Å². The summed E-state index contributed by atoms with van der Waals surface area (Å²) in [5.74, 6) is 0.470. The molecule has 0 saturated carbocycles. The van der Waals surface area contributed by atoms with Gasteiger partial charge in [0, 0.05) is 30.8 Å². The number of carbonyl (C=O) groups is 1. The van der Waals surface area contributed by atoms with Gasteiger partial charge < -0.3 is 14.3 Å². The van der Waals surface area contributed by atoms with Crippen molar-refractivity contribution in [1.82, 2.24) is 14.3 Å². The van der Waals surface area contributed by atoms with Crippen molar-refractivity contribution in [1.29, 1.82) is 0 Å². The molecule has 126 valence electrons. The molecule has 3 heterocycles. The molecule has 0 fully saturated rings. The van der Waals surface area contributed by atoms with Crippen LogP contribution in [0.25, 0.3) is 11.1 Å². The zero-order valence-corrected chi connectivity index (χ0v) is 15.4. The number of hydrogen-bond donors (Lipinski definition) is 1. The Morgan fingerprint density at radius 3 is 2.88 bits per heavy atom. The number of furan rings is 1. The van der Waals surface area contributed by atoms with Crippen molar-refractivity contribution in [3.05, 3.63) is 46.9 Å². The lowest BCUT2D eigenvalue weighted by atomic mass is 10.3. The van der Waals surface area contributed by atoms with Gasteiger partial charge in [-0.2, -0.15) is 5.10 Å². The molecule has 0 aliphatic heterocycles. The van der Waals surface area contributed by atoms with E-state index in [9.17, 15) is 4.79 Å². The van der Waals surface area contributed by atoms with Gasteiger partial charge in [-0.1, -0.05) is 6.08 Å². The number of halogens is 1. The van der Waals surface area contributed by atoms with Crippen LogP contribution < -0.4 is 5.32 Å². The molecule has 24 heavy (non-hydrogen) atoms. The van der Waals surface area contributed by atoms with Crippen LogP contribution in [0.1, 0.15) is 36.1 Å². The average Bonchev–Trinajstić information content (AvgIpc) is 3.13. The average molecular weight is 391 g/mol. The Bertz CT molecular complexity index is 917. The van der Waals surface area contributed by atoms with Crippen molar-refractivity contribution < 1.29 is 9.21 Å². The molecule has 0 atom stereocenters. The molecule has 0 radical (unpaired) electrons. The van der Waals surface area contributed by atoms with Crippen LogP contribution in [0, 0.1) is 6.92 Å². The highest BCUT2D eigenvalue weighted by Gasteiger charge is 2.20. The number of amides is 1. The maximum absolute atomic E-state index is 12.8. The Morgan fingerprint density at radius 1 is 1.46 bits per heavy atom. The Hall–Kier alpha value is -2.28. The molecular weight excluding hydrogens is 372 g/mol. The molecule has 0 aromatic carbocycles. The third-order valence-corrected chi connectivity index (χ3v) is 4.08. The van der Waals surface area contributed by atoms with Crippen molar-refractivity contribution in [3.8, 4) is 0 Å². The molecule has 6 nitrogen and oxygen atoms in total. The lowest BCUT2D eigenvalue weighted by Gasteiger charge is -2.12. The van der Waals surface area contributed by atoms with E-state index < -0.39 is 0 Å². The van der Waals surface area contributed by atoms with Crippen LogP contribution in [0.2, 0.25) is 0 Å². The third-order valence-electron chi connectivity index (χ3n) is 3.69. The van der Waals surface area contributed by atoms with E-state index in [0.29, 0.717) is 28.3 Å². The molecule has 0 spiro atoms. The summed E-state index contributed by atoms with van der Waals surface area (Å²) in [7, 11) is 0. The van der Waals surface area contributed by atoms with Crippen LogP contribution in [-0.4, -0.2) is 20.3 Å². The zero-order valence-electron chi connectivity index (χ0n) is 13.8. The first-order chi connectivity index (χ1) is 11.4. The summed E-state index contributed by atoms with van der Waals surface area (Å²) in [6, 6.07) is 5.60. The van der Waals surface area contributed by atoms with Gasteiger partial charge in [0.05, 0.1) is 11.2 Å². The predicted molar refractivity (Wildman–Crippen MR) is 97.4 cm³/mol. The minimum atomic E-state index is -0.207. The van der Waals surface area contributed by atoms with Crippen molar-refractivity contribution in [2.75, 3.05) is 5.32 Å². The summed E-state index contributed by atoms with van der Waals surface area (Å²) in [5, 5.41) is 7.36. The largest absolute Gasteiger partial charge is 0.448 e. The normalized spacial score (nSPS) is 11.4. The number of rotatable bonds is 5. The highest BCUT2D eigenvalue weighted by atomic mass is 79.9. The minimum absolute atomic E-state index is 0.154. The molecular formula is C17H19BrN4O2. The molecule has 3 rings (SSSR count). The number of fused-ring (bicyclic) bond motifs is 1. The molecule has 0 bridgehead atoms. The van der Waals surface area contributed by atoms with Crippen molar-refractivity contribution in [2.45, 2.75) is 33.4 Å². The quantitative estimate of drug-likeness (QED) is 0.651.